The van der Waals surface area contributed by atoms with Crippen LogP contribution >= 0.6 is 23.2 Å². The van der Waals surface area contributed by atoms with E-state index in [1.54, 1.807) is 18.2 Å². The van der Waals surface area contributed by atoms with Gasteiger partial charge in [0.05, 0.1) is 23.7 Å². The number of likely N-dealkylation sites (N-methyl/N-ethyl adjacent to an activating group) is 1. The highest BCUT2D eigenvalue weighted by atomic mass is 35.5. The Labute approximate surface area is 166 Å². The Kier molecular flexibility index (Phi) is 7.21. The van der Waals surface area contributed by atoms with E-state index >= 15 is 0 Å². The molecular weight excluding hydrogens is 394 g/mol. The fourth-order valence-corrected chi connectivity index (χ4v) is 2.45. The van der Waals surface area contributed by atoms with E-state index < -0.39 is 17.6 Å². The van der Waals surface area contributed by atoms with Gasteiger partial charge in [0.25, 0.3) is 0 Å². The number of nitrogens with zero attached hydrogens (tertiary/aromatic N) is 1. The Balaban J connectivity index is 1.93. The van der Waals surface area contributed by atoms with Gasteiger partial charge in [-0.05, 0) is 42.0 Å². The first-order valence-electron chi connectivity index (χ1n) is 7.81. The van der Waals surface area contributed by atoms with Crippen molar-refractivity contribution < 1.29 is 18.7 Å². The lowest BCUT2D eigenvalue weighted by molar-refractivity contribution is -0.129. The number of methoxy groups -OCH3 is 1. The van der Waals surface area contributed by atoms with Crippen LogP contribution in [-0.4, -0.2) is 37.4 Å². The summed E-state index contributed by atoms with van der Waals surface area (Å²) in [6.45, 7) is -0.166. The second-order valence-corrected chi connectivity index (χ2v) is 6.41. The zero-order chi connectivity index (χ0) is 20.0. The molecule has 0 fully saturated rings. The molecule has 0 aliphatic rings. The van der Waals surface area contributed by atoms with E-state index in [0.29, 0.717) is 21.3 Å². The molecule has 0 aliphatic carbocycles. The molecule has 0 aliphatic heterocycles. The van der Waals surface area contributed by atoms with Gasteiger partial charge in [-0.15, -0.1) is 0 Å². The number of hydrogen-bond acceptors (Lipinski definition) is 3. The third-order valence-corrected chi connectivity index (χ3v) is 4.29. The van der Waals surface area contributed by atoms with Crippen LogP contribution in [0.1, 0.15) is 5.56 Å². The second kappa shape index (κ2) is 9.39. The van der Waals surface area contributed by atoms with Crippen molar-refractivity contribution in [1.82, 2.24) is 4.90 Å². The van der Waals surface area contributed by atoms with Gasteiger partial charge in [-0.2, -0.15) is 0 Å². The number of halogens is 3. The molecule has 1 N–H and O–H groups in total. The lowest BCUT2D eigenvalue weighted by atomic mass is 10.2. The van der Waals surface area contributed by atoms with Crippen LogP contribution in [0.2, 0.25) is 10.0 Å². The first-order valence-corrected chi connectivity index (χ1v) is 8.57. The molecule has 2 aromatic carbocycles. The average Bonchev–Trinajstić information content (AvgIpc) is 2.62. The van der Waals surface area contributed by atoms with Crippen molar-refractivity contribution in [3.63, 3.8) is 0 Å². The largest absolute Gasteiger partial charge is 0.494 e. The lowest BCUT2D eigenvalue weighted by Crippen LogP contribution is -2.33. The summed E-state index contributed by atoms with van der Waals surface area (Å²) in [5.74, 6) is -1.21. The molecule has 0 radical (unpaired) electrons. The minimum Gasteiger partial charge on any atom is -0.494 e. The first kappa shape index (κ1) is 20.7. The molecule has 2 amide bonds. The molecule has 0 unspecified atom stereocenters. The van der Waals surface area contributed by atoms with Gasteiger partial charge in [0.15, 0.2) is 11.6 Å². The average molecular weight is 411 g/mol. The van der Waals surface area contributed by atoms with E-state index in [2.05, 4.69) is 5.32 Å². The van der Waals surface area contributed by atoms with E-state index in [-0.39, 0.29) is 12.3 Å². The number of benzene rings is 2. The highest BCUT2D eigenvalue weighted by Crippen LogP contribution is 2.25. The van der Waals surface area contributed by atoms with Crippen LogP contribution in [-0.2, 0) is 9.59 Å². The Bertz CT molecular complexity index is 887. The topological polar surface area (TPSA) is 58.6 Å². The van der Waals surface area contributed by atoms with E-state index in [0.717, 1.165) is 0 Å². The van der Waals surface area contributed by atoms with Gasteiger partial charge in [-0.3, -0.25) is 9.59 Å². The SMILES string of the molecule is COc1ccc(/C=C/C(=O)N(C)CC(=O)Nc2ccc(Cl)c(Cl)c2)cc1F. The molecule has 0 saturated carbocycles. The maximum absolute atomic E-state index is 13.6. The first-order chi connectivity index (χ1) is 12.8. The highest BCUT2D eigenvalue weighted by Gasteiger charge is 2.11. The Morgan fingerprint density at radius 2 is 1.93 bits per heavy atom. The van der Waals surface area contributed by atoms with Crippen molar-refractivity contribution in [2.24, 2.45) is 0 Å². The van der Waals surface area contributed by atoms with E-state index in [9.17, 15) is 14.0 Å². The van der Waals surface area contributed by atoms with Crippen molar-refractivity contribution in [2.45, 2.75) is 0 Å². The molecule has 5 nitrogen and oxygen atoms in total. The summed E-state index contributed by atoms with van der Waals surface area (Å²) in [4.78, 5) is 25.4. The molecule has 142 valence electrons. The zero-order valence-corrected chi connectivity index (χ0v) is 16.1. The van der Waals surface area contributed by atoms with E-state index in [1.807, 2.05) is 0 Å². The molecule has 0 aromatic heterocycles. The Morgan fingerprint density at radius 3 is 2.56 bits per heavy atom. The summed E-state index contributed by atoms with van der Waals surface area (Å²) >= 11 is 11.7. The van der Waals surface area contributed by atoms with Crippen LogP contribution in [0.4, 0.5) is 10.1 Å². The maximum atomic E-state index is 13.6. The predicted molar refractivity (Wildman–Crippen MR) is 105 cm³/mol. The maximum Gasteiger partial charge on any atom is 0.246 e. The molecule has 0 bridgehead atoms. The molecule has 0 atom stereocenters. The molecule has 0 saturated heterocycles. The van der Waals surface area contributed by atoms with Crippen LogP contribution in [0.25, 0.3) is 6.08 Å². The van der Waals surface area contributed by atoms with Gasteiger partial charge in [-0.1, -0.05) is 29.3 Å². The minimum absolute atomic E-state index is 0.120. The van der Waals surface area contributed by atoms with Crippen molar-refractivity contribution in [2.75, 3.05) is 26.0 Å². The zero-order valence-electron chi connectivity index (χ0n) is 14.6. The van der Waals surface area contributed by atoms with Crippen molar-refractivity contribution in [3.8, 4) is 5.75 Å². The lowest BCUT2D eigenvalue weighted by Gasteiger charge is -2.15. The standard InChI is InChI=1S/C19H17Cl2FN2O3/c1-24(11-18(25)23-13-5-6-14(20)15(21)10-13)19(26)8-4-12-3-7-17(27-2)16(22)9-12/h3-10H,11H2,1-2H3,(H,23,25)/b8-4+. The molecule has 0 heterocycles. The number of amides is 2. The molecule has 8 heteroatoms. The predicted octanol–water partition coefficient (Wildman–Crippen LogP) is 4.25. The third-order valence-electron chi connectivity index (χ3n) is 3.55. The van der Waals surface area contributed by atoms with Crippen LogP contribution in [0.3, 0.4) is 0 Å². The quantitative estimate of drug-likeness (QED) is 0.724. The number of carbonyl (C=O) groups excluding carboxylic acids is 2. The van der Waals surface area contributed by atoms with Crippen LogP contribution in [0.5, 0.6) is 5.75 Å². The summed E-state index contributed by atoms with van der Waals surface area (Å²) in [6, 6.07) is 9.01. The summed E-state index contributed by atoms with van der Waals surface area (Å²) in [5.41, 5.74) is 0.967. The van der Waals surface area contributed by atoms with E-state index in [4.69, 9.17) is 27.9 Å². The fourth-order valence-electron chi connectivity index (χ4n) is 2.15. The van der Waals surface area contributed by atoms with Gasteiger partial charge in [-0.25, -0.2) is 4.39 Å². The number of hydrogen-bond donors (Lipinski definition) is 1. The summed E-state index contributed by atoms with van der Waals surface area (Å²) < 4.78 is 18.5. The molecule has 27 heavy (non-hydrogen) atoms. The van der Waals surface area contributed by atoms with Crippen molar-refractivity contribution in [3.05, 3.63) is 63.9 Å². The smallest absolute Gasteiger partial charge is 0.246 e. The summed E-state index contributed by atoms with van der Waals surface area (Å²) in [5, 5.41) is 3.32. The van der Waals surface area contributed by atoms with Crippen LogP contribution < -0.4 is 10.1 Å². The Hall–Kier alpha value is -2.57. The number of ether oxygens (including phenoxy) is 1. The van der Waals surface area contributed by atoms with Gasteiger partial charge < -0.3 is 15.0 Å². The minimum atomic E-state index is -0.526. The van der Waals surface area contributed by atoms with E-state index in [1.165, 1.54) is 49.4 Å². The summed E-state index contributed by atoms with van der Waals surface area (Å²) in [6.07, 6.45) is 2.71. The highest BCUT2D eigenvalue weighted by molar-refractivity contribution is 6.42. The molecule has 2 rings (SSSR count). The number of rotatable bonds is 6. The van der Waals surface area contributed by atoms with Crippen molar-refractivity contribution in [1.29, 1.82) is 0 Å². The Morgan fingerprint density at radius 1 is 1.19 bits per heavy atom. The fraction of sp³-hybridized carbons (Fsp3) is 0.158. The number of anilines is 1. The second-order valence-electron chi connectivity index (χ2n) is 5.60. The van der Waals surface area contributed by atoms with Gasteiger partial charge in [0.2, 0.25) is 11.8 Å². The molecule has 0 spiro atoms. The van der Waals surface area contributed by atoms with Gasteiger partial charge in [0, 0.05) is 18.8 Å². The van der Waals surface area contributed by atoms with Gasteiger partial charge in [0.1, 0.15) is 0 Å². The normalized spacial score (nSPS) is 10.7. The van der Waals surface area contributed by atoms with Crippen molar-refractivity contribution >= 4 is 46.8 Å². The summed E-state index contributed by atoms with van der Waals surface area (Å²) in [7, 11) is 2.85. The third kappa shape index (κ3) is 5.98. The number of carbonyl (C=O) groups is 2. The van der Waals surface area contributed by atoms with Crippen LogP contribution in [0.15, 0.2) is 42.5 Å². The monoisotopic (exact) mass is 410 g/mol. The van der Waals surface area contributed by atoms with Gasteiger partial charge >= 0.3 is 0 Å². The number of nitrogens with one attached hydrogen (secondary N) is 1. The molecular formula is C19H17Cl2FN2O3. The molecule has 2 aromatic rings. The van der Waals surface area contributed by atoms with Crippen LogP contribution in [0, 0.1) is 5.82 Å².